The molecule has 0 aromatic carbocycles. The first-order valence-corrected chi connectivity index (χ1v) is 4.01. The van der Waals surface area contributed by atoms with Crippen molar-refractivity contribution in [3.63, 3.8) is 0 Å². The molecule has 0 atom stereocenters. The van der Waals surface area contributed by atoms with Crippen molar-refractivity contribution in [2.45, 2.75) is 13.8 Å². The Kier molecular flexibility index (Phi) is 2.45. The van der Waals surface area contributed by atoms with Crippen LogP contribution in [0, 0.1) is 5.92 Å². The summed E-state index contributed by atoms with van der Waals surface area (Å²) in [6, 6.07) is 0. The van der Waals surface area contributed by atoms with E-state index >= 15 is 0 Å². The van der Waals surface area contributed by atoms with Crippen LogP contribution in [0.2, 0.25) is 0 Å². The van der Waals surface area contributed by atoms with Crippen molar-refractivity contribution in [1.82, 2.24) is 4.90 Å². The predicted octanol–water partition coefficient (Wildman–Crippen LogP) is 1.08. The fourth-order valence-electron chi connectivity index (χ4n) is 1.28. The molecular weight excluding hydrogens is 138 g/mol. The van der Waals surface area contributed by atoms with Crippen LogP contribution < -0.4 is 0 Å². The fraction of sp³-hybridized carbons (Fsp3) is 0.667. The zero-order chi connectivity index (χ0) is 8.43. The molecule has 0 aromatic rings. The second-order valence-corrected chi connectivity index (χ2v) is 3.51. The summed E-state index contributed by atoms with van der Waals surface area (Å²) in [5, 5.41) is 0. The van der Waals surface area contributed by atoms with Crippen molar-refractivity contribution in [2.75, 3.05) is 20.1 Å². The molecule has 0 N–H and O–H groups in total. The quantitative estimate of drug-likeness (QED) is 0.562. The van der Waals surface area contributed by atoms with Crippen LogP contribution in [0.5, 0.6) is 0 Å². The van der Waals surface area contributed by atoms with E-state index in [1.165, 1.54) is 5.57 Å². The van der Waals surface area contributed by atoms with Crippen LogP contribution in [0.4, 0.5) is 0 Å². The van der Waals surface area contributed by atoms with Gasteiger partial charge in [-0.15, -0.1) is 0 Å². The Morgan fingerprint density at radius 3 is 2.55 bits per heavy atom. The zero-order valence-corrected chi connectivity index (χ0v) is 7.42. The van der Waals surface area contributed by atoms with Crippen LogP contribution in [-0.4, -0.2) is 30.8 Å². The molecule has 2 nitrogen and oxygen atoms in total. The number of nitrogens with zero attached hydrogens (tertiary/aromatic N) is 1. The SMILES string of the molecule is CC(C)C1=CC(=O)CN(C)C1. The molecule has 0 spiro atoms. The van der Waals surface area contributed by atoms with Crippen molar-refractivity contribution >= 4 is 5.78 Å². The molecule has 1 heterocycles. The fourth-order valence-corrected chi connectivity index (χ4v) is 1.28. The molecule has 0 amide bonds. The Labute approximate surface area is 67.9 Å². The van der Waals surface area contributed by atoms with Crippen LogP contribution in [0.15, 0.2) is 11.6 Å². The van der Waals surface area contributed by atoms with Gasteiger partial charge in [-0.25, -0.2) is 0 Å². The summed E-state index contributed by atoms with van der Waals surface area (Å²) in [7, 11) is 1.98. The third-order valence-corrected chi connectivity index (χ3v) is 1.97. The van der Waals surface area contributed by atoms with E-state index in [1.54, 1.807) is 6.08 Å². The highest BCUT2D eigenvalue weighted by atomic mass is 16.1. The van der Waals surface area contributed by atoms with E-state index in [2.05, 4.69) is 18.7 Å². The highest BCUT2D eigenvalue weighted by molar-refractivity contribution is 5.93. The lowest BCUT2D eigenvalue weighted by molar-refractivity contribution is -0.116. The summed E-state index contributed by atoms with van der Waals surface area (Å²) in [5.41, 5.74) is 1.25. The van der Waals surface area contributed by atoms with Crippen LogP contribution in [-0.2, 0) is 4.79 Å². The van der Waals surface area contributed by atoms with Crippen molar-refractivity contribution in [3.8, 4) is 0 Å². The smallest absolute Gasteiger partial charge is 0.169 e. The second-order valence-electron chi connectivity index (χ2n) is 3.51. The van der Waals surface area contributed by atoms with E-state index in [9.17, 15) is 4.79 Å². The van der Waals surface area contributed by atoms with Crippen LogP contribution >= 0.6 is 0 Å². The number of hydrogen-bond acceptors (Lipinski definition) is 2. The Bertz CT molecular complexity index is 194. The van der Waals surface area contributed by atoms with Gasteiger partial charge >= 0.3 is 0 Å². The minimum atomic E-state index is 0.238. The first-order chi connectivity index (χ1) is 5.09. The molecule has 1 rings (SSSR count). The van der Waals surface area contributed by atoms with Crippen LogP contribution in [0.25, 0.3) is 0 Å². The van der Waals surface area contributed by atoms with Crippen molar-refractivity contribution in [2.24, 2.45) is 5.92 Å². The second kappa shape index (κ2) is 3.18. The molecule has 0 unspecified atom stereocenters. The number of carbonyl (C=O) groups is 1. The van der Waals surface area contributed by atoms with E-state index in [0.29, 0.717) is 12.5 Å². The van der Waals surface area contributed by atoms with Gasteiger partial charge in [0, 0.05) is 6.54 Å². The highest BCUT2D eigenvalue weighted by Crippen LogP contribution is 2.14. The molecule has 0 bridgehead atoms. The van der Waals surface area contributed by atoms with Crippen LogP contribution in [0.1, 0.15) is 13.8 Å². The molecule has 0 aliphatic carbocycles. The molecule has 62 valence electrons. The number of rotatable bonds is 1. The topological polar surface area (TPSA) is 20.3 Å². The van der Waals surface area contributed by atoms with E-state index in [4.69, 9.17) is 0 Å². The summed E-state index contributed by atoms with van der Waals surface area (Å²) in [6.45, 7) is 5.77. The molecule has 1 aliphatic rings. The maximum atomic E-state index is 11.1. The largest absolute Gasteiger partial charge is 0.295 e. The van der Waals surface area contributed by atoms with Gasteiger partial charge in [0.15, 0.2) is 5.78 Å². The molecule has 0 radical (unpaired) electrons. The van der Waals surface area contributed by atoms with E-state index in [-0.39, 0.29) is 5.78 Å². The molecule has 11 heavy (non-hydrogen) atoms. The highest BCUT2D eigenvalue weighted by Gasteiger charge is 2.15. The van der Waals surface area contributed by atoms with Gasteiger partial charge in [-0.2, -0.15) is 0 Å². The number of likely N-dealkylation sites (N-methyl/N-ethyl adjacent to an activating group) is 1. The van der Waals surface area contributed by atoms with Crippen molar-refractivity contribution in [3.05, 3.63) is 11.6 Å². The molecule has 2 heteroatoms. The summed E-state index contributed by atoms with van der Waals surface area (Å²) in [4.78, 5) is 13.1. The van der Waals surface area contributed by atoms with E-state index < -0.39 is 0 Å². The summed E-state index contributed by atoms with van der Waals surface area (Å²) < 4.78 is 0. The Hall–Kier alpha value is -0.630. The lowest BCUT2D eigenvalue weighted by atomic mass is 9.99. The van der Waals surface area contributed by atoms with E-state index in [0.717, 1.165) is 6.54 Å². The van der Waals surface area contributed by atoms with Gasteiger partial charge in [0.1, 0.15) is 0 Å². The van der Waals surface area contributed by atoms with Gasteiger partial charge in [-0.1, -0.05) is 19.4 Å². The van der Waals surface area contributed by atoms with Crippen molar-refractivity contribution < 1.29 is 4.79 Å². The first kappa shape index (κ1) is 8.47. The summed E-state index contributed by atoms with van der Waals surface area (Å²) in [6.07, 6.45) is 1.80. The standard InChI is InChI=1S/C9H15NO/c1-7(2)8-4-9(11)6-10(3)5-8/h4,7H,5-6H2,1-3H3. The predicted molar refractivity (Wildman–Crippen MR) is 45.4 cm³/mol. The summed E-state index contributed by atoms with van der Waals surface area (Å²) >= 11 is 0. The number of carbonyl (C=O) groups excluding carboxylic acids is 1. The summed E-state index contributed by atoms with van der Waals surface area (Å²) in [5.74, 6) is 0.740. The van der Waals surface area contributed by atoms with Gasteiger partial charge in [0.05, 0.1) is 6.54 Å². The zero-order valence-electron chi connectivity index (χ0n) is 7.42. The number of hydrogen-bond donors (Lipinski definition) is 0. The third-order valence-electron chi connectivity index (χ3n) is 1.97. The van der Waals surface area contributed by atoms with Crippen LogP contribution in [0.3, 0.4) is 0 Å². The molecule has 0 aromatic heterocycles. The maximum Gasteiger partial charge on any atom is 0.169 e. The van der Waals surface area contributed by atoms with Crippen molar-refractivity contribution in [1.29, 1.82) is 0 Å². The lowest BCUT2D eigenvalue weighted by Crippen LogP contribution is -2.32. The first-order valence-electron chi connectivity index (χ1n) is 4.01. The average molecular weight is 153 g/mol. The Morgan fingerprint density at radius 1 is 1.45 bits per heavy atom. The number of ketones is 1. The molecule has 0 saturated heterocycles. The maximum absolute atomic E-state index is 11.1. The third kappa shape index (κ3) is 2.15. The minimum Gasteiger partial charge on any atom is -0.295 e. The molecule has 1 aliphatic heterocycles. The van der Waals surface area contributed by atoms with Gasteiger partial charge in [-0.3, -0.25) is 9.69 Å². The van der Waals surface area contributed by atoms with Gasteiger partial charge < -0.3 is 0 Å². The Balaban J connectivity index is 2.72. The Morgan fingerprint density at radius 2 is 2.09 bits per heavy atom. The molecular formula is C9H15NO. The molecule has 0 fully saturated rings. The van der Waals surface area contributed by atoms with Gasteiger partial charge in [-0.05, 0) is 19.0 Å². The van der Waals surface area contributed by atoms with Gasteiger partial charge in [0.25, 0.3) is 0 Å². The van der Waals surface area contributed by atoms with Gasteiger partial charge in [0.2, 0.25) is 0 Å². The minimum absolute atomic E-state index is 0.238. The van der Waals surface area contributed by atoms with E-state index in [1.807, 2.05) is 7.05 Å². The lowest BCUT2D eigenvalue weighted by Gasteiger charge is -2.23. The normalized spacial score (nSPS) is 20.7. The average Bonchev–Trinajstić information content (AvgIpc) is 1.85. The molecule has 0 saturated carbocycles. The monoisotopic (exact) mass is 153 g/mol.